The molecule has 0 bridgehead atoms. The van der Waals surface area contributed by atoms with Gasteiger partial charge in [0, 0.05) is 24.0 Å². The normalized spacial score (nSPS) is 21.0. The van der Waals surface area contributed by atoms with Crippen LogP contribution in [0.2, 0.25) is 0 Å². The third kappa shape index (κ3) is 4.57. The average Bonchev–Trinajstić information content (AvgIpc) is 2.83. The van der Waals surface area contributed by atoms with E-state index in [9.17, 15) is 18.0 Å². The van der Waals surface area contributed by atoms with Crippen molar-refractivity contribution in [1.82, 2.24) is 4.90 Å². The molecule has 1 unspecified atom stereocenters. The fourth-order valence-corrected chi connectivity index (χ4v) is 3.37. The van der Waals surface area contributed by atoms with Crippen LogP contribution in [-0.2, 0) is 11.3 Å². The van der Waals surface area contributed by atoms with E-state index in [4.69, 9.17) is 5.11 Å². The summed E-state index contributed by atoms with van der Waals surface area (Å²) in [6.45, 7) is 1.10. The molecule has 2 rings (SSSR count). The first-order valence-electron chi connectivity index (χ1n) is 6.62. The number of rotatable bonds is 4. The molecule has 7 heteroatoms. The van der Waals surface area contributed by atoms with Crippen molar-refractivity contribution in [3.05, 3.63) is 28.0 Å². The summed E-state index contributed by atoms with van der Waals surface area (Å²) in [7, 11) is 0. The van der Waals surface area contributed by atoms with Gasteiger partial charge in [-0.05, 0) is 42.5 Å². The second-order valence-corrected chi connectivity index (χ2v) is 6.09. The summed E-state index contributed by atoms with van der Waals surface area (Å²) in [5.74, 6) is -2.30. The minimum Gasteiger partial charge on any atom is -0.478 e. The molecule has 0 aliphatic carbocycles. The van der Waals surface area contributed by atoms with Crippen LogP contribution in [0.3, 0.4) is 0 Å². The Bertz CT molecular complexity index is 525. The Kier molecular flexibility index (Phi) is 5.05. The zero-order chi connectivity index (χ0) is 15.5. The van der Waals surface area contributed by atoms with Crippen LogP contribution >= 0.6 is 11.3 Å². The van der Waals surface area contributed by atoms with Crippen LogP contribution in [0, 0.1) is 5.92 Å². The van der Waals surface area contributed by atoms with Crippen molar-refractivity contribution in [2.24, 2.45) is 5.92 Å². The lowest BCUT2D eigenvalue weighted by Gasteiger charge is -2.33. The van der Waals surface area contributed by atoms with E-state index in [1.54, 1.807) is 11.0 Å². The maximum absolute atomic E-state index is 12.8. The first-order chi connectivity index (χ1) is 9.86. The summed E-state index contributed by atoms with van der Waals surface area (Å²) in [5, 5.41) is 10.5. The van der Waals surface area contributed by atoms with E-state index in [0.717, 1.165) is 16.5 Å². The van der Waals surface area contributed by atoms with Gasteiger partial charge in [-0.25, -0.2) is 4.79 Å². The Balaban J connectivity index is 2.02. The molecule has 1 saturated heterocycles. The van der Waals surface area contributed by atoms with Gasteiger partial charge in [0.2, 0.25) is 0 Å². The fourth-order valence-electron chi connectivity index (χ4n) is 2.46. The van der Waals surface area contributed by atoms with E-state index in [0.29, 0.717) is 19.5 Å². The number of nitrogens with zero attached hydrogens (tertiary/aromatic N) is 1. The highest BCUT2D eigenvalue weighted by atomic mass is 32.1. The SMILES string of the molecule is O=C(O)C=Cc1ccsc1CN1CCCC(C(F)(F)F)C1. The molecule has 1 fully saturated rings. The highest BCUT2D eigenvalue weighted by Gasteiger charge is 2.41. The zero-order valence-corrected chi connectivity index (χ0v) is 12.1. The number of thiophene rings is 1. The molecule has 0 radical (unpaired) electrons. The molecular weight excluding hydrogens is 303 g/mol. The van der Waals surface area contributed by atoms with E-state index in [2.05, 4.69) is 0 Å². The van der Waals surface area contributed by atoms with Gasteiger partial charge in [0.05, 0.1) is 5.92 Å². The highest BCUT2D eigenvalue weighted by Crippen LogP contribution is 2.34. The van der Waals surface area contributed by atoms with Crippen LogP contribution in [0.15, 0.2) is 17.5 Å². The zero-order valence-electron chi connectivity index (χ0n) is 11.3. The molecule has 116 valence electrons. The summed E-state index contributed by atoms with van der Waals surface area (Å²) in [6.07, 6.45) is -0.883. The number of aliphatic carboxylic acids is 1. The highest BCUT2D eigenvalue weighted by molar-refractivity contribution is 7.10. The van der Waals surface area contributed by atoms with Gasteiger partial charge in [-0.2, -0.15) is 13.2 Å². The van der Waals surface area contributed by atoms with E-state index in [1.807, 2.05) is 5.38 Å². The predicted molar refractivity (Wildman–Crippen MR) is 75.0 cm³/mol. The van der Waals surface area contributed by atoms with Crippen molar-refractivity contribution in [1.29, 1.82) is 0 Å². The monoisotopic (exact) mass is 319 g/mol. The Labute approximate surface area is 124 Å². The Hall–Kier alpha value is -1.34. The van der Waals surface area contributed by atoms with Crippen LogP contribution in [0.25, 0.3) is 6.08 Å². The standard InChI is InChI=1S/C14H16F3NO2S/c15-14(16,17)11-2-1-6-18(8-11)9-12-10(5-7-21-12)3-4-13(19)20/h3-5,7,11H,1-2,6,8-9H2,(H,19,20). The van der Waals surface area contributed by atoms with Crippen molar-refractivity contribution in [2.75, 3.05) is 13.1 Å². The lowest BCUT2D eigenvalue weighted by atomic mass is 9.97. The quantitative estimate of drug-likeness (QED) is 0.862. The number of halogens is 3. The van der Waals surface area contributed by atoms with Gasteiger partial charge >= 0.3 is 12.1 Å². The number of piperidine rings is 1. The number of carbonyl (C=O) groups is 1. The van der Waals surface area contributed by atoms with Crippen LogP contribution in [0.4, 0.5) is 13.2 Å². The van der Waals surface area contributed by atoms with Gasteiger partial charge in [-0.15, -0.1) is 11.3 Å². The number of carboxylic acids is 1. The van der Waals surface area contributed by atoms with E-state index >= 15 is 0 Å². The smallest absolute Gasteiger partial charge is 0.393 e. The summed E-state index contributed by atoms with van der Waals surface area (Å²) in [6, 6.07) is 1.78. The second-order valence-electron chi connectivity index (χ2n) is 5.09. The molecular formula is C14H16F3NO2S. The molecule has 3 nitrogen and oxygen atoms in total. The molecule has 1 aromatic heterocycles. The van der Waals surface area contributed by atoms with Crippen LogP contribution < -0.4 is 0 Å². The third-order valence-corrected chi connectivity index (χ3v) is 4.44. The second kappa shape index (κ2) is 6.62. The number of hydrogen-bond donors (Lipinski definition) is 1. The minimum absolute atomic E-state index is 0.0173. The topological polar surface area (TPSA) is 40.5 Å². The molecule has 1 aliphatic heterocycles. The Morgan fingerprint density at radius 2 is 2.29 bits per heavy atom. The minimum atomic E-state index is -4.14. The summed E-state index contributed by atoms with van der Waals surface area (Å²) < 4.78 is 38.3. The van der Waals surface area contributed by atoms with E-state index < -0.39 is 18.1 Å². The number of alkyl halides is 3. The summed E-state index contributed by atoms with van der Waals surface area (Å²) in [4.78, 5) is 13.2. The van der Waals surface area contributed by atoms with E-state index in [1.165, 1.54) is 17.4 Å². The molecule has 1 aliphatic rings. The number of hydrogen-bond acceptors (Lipinski definition) is 3. The largest absolute Gasteiger partial charge is 0.478 e. The van der Waals surface area contributed by atoms with E-state index in [-0.39, 0.29) is 13.0 Å². The molecule has 21 heavy (non-hydrogen) atoms. The average molecular weight is 319 g/mol. The number of likely N-dealkylation sites (tertiary alicyclic amines) is 1. The van der Waals surface area contributed by atoms with Gasteiger partial charge in [-0.3, -0.25) is 4.90 Å². The van der Waals surface area contributed by atoms with Gasteiger partial charge in [0.15, 0.2) is 0 Å². The van der Waals surface area contributed by atoms with Gasteiger partial charge in [0.1, 0.15) is 0 Å². The third-order valence-electron chi connectivity index (χ3n) is 3.52. The molecule has 0 amide bonds. The van der Waals surface area contributed by atoms with Gasteiger partial charge in [-0.1, -0.05) is 0 Å². The molecule has 1 aromatic rings. The molecule has 0 aromatic carbocycles. The van der Waals surface area contributed by atoms with Gasteiger partial charge < -0.3 is 5.11 Å². The summed E-state index contributed by atoms with van der Waals surface area (Å²) >= 11 is 1.44. The predicted octanol–water partition coefficient (Wildman–Crippen LogP) is 3.62. The maximum Gasteiger partial charge on any atom is 0.393 e. The van der Waals surface area contributed by atoms with Crippen molar-refractivity contribution in [3.8, 4) is 0 Å². The molecule has 0 spiro atoms. The molecule has 2 heterocycles. The maximum atomic E-state index is 12.8. The fraction of sp³-hybridized carbons (Fsp3) is 0.500. The summed E-state index contributed by atoms with van der Waals surface area (Å²) in [5.41, 5.74) is 0.761. The van der Waals surface area contributed by atoms with Crippen LogP contribution in [-0.4, -0.2) is 35.2 Å². The first-order valence-corrected chi connectivity index (χ1v) is 7.50. The Morgan fingerprint density at radius 1 is 1.52 bits per heavy atom. The van der Waals surface area contributed by atoms with Gasteiger partial charge in [0.25, 0.3) is 0 Å². The first kappa shape index (κ1) is 16.0. The van der Waals surface area contributed by atoms with Crippen molar-refractivity contribution in [3.63, 3.8) is 0 Å². The number of carboxylic acid groups (broad SMARTS) is 1. The van der Waals surface area contributed by atoms with Crippen molar-refractivity contribution >= 4 is 23.4 Å². The molecule has 0 saturated carbocycles. The van der Waals surface area contributed by atoms with Crippen LogP contribution in [0.1, 0.15) is 23.3 Å². The van der Waals surface area contributed by atoms with Crippen molar-refractivity contribution in [2.45, 2.75) is 25.6 Å². The molecule has 1 atom stereocenters. The lowest BCUT2D eigenvalue weighted by molar-refractivity contribution is -0.187. The molecule has 1 N–H and O–H groups in total. The lowest BCUT2D eigenvalue weighted by Crippen LogP contribution is -2.41. The van der Waals surface area contributed by atoms with Crippen LogP contribution in [0.5, 0.6) is 0 Å². The van der Waals surface area contributed by atoms with Crippen molar-refractivity contribution < 1.29 is 23.1 Å². The Morgan fingerprint density at radius 3 is 2.95 bits per heavy atom.